The average Bonchev–Trinajstić information content (AvgIpc) is 3.03. The number of carbonyl (C=O) groups excluding carboxylic acids is 1. The van der Waals surface area contributed by atoms with E-state index in [0.717, 1.165) is 42.4 Å². The smallest absolute Gasteiger partial charge is 0.133 e. The SMILES string of the molecule is CC(C)[C@@H](C)/C=C/[C@@H](C)[C@H]1CC[C@H]2[C@@H]3CC[C@H]4CC(=O)CC[C@]4(C)[C@H]3CC[C@]12C. The maximum absolute atomic E-state index is 12.1. The van der Waals surface area contributed by atoms with E-state index in [9.17, 15) is 4.79 Å². The Morgan fingerprint density at radius 1 is 0.862 bits per heavy atom. The maximum Gasteiger partial charge on any atom is 0.133 e. The van der Waals surface area contributed by atoms with E-state index >= 15 is 0 Å². The number of hydrogen-bond acceptors (Lipinski definition) is 1. The summed E-state index contributed by atoms with van der Waals surface area (Å²) in [7, 11) is 0. The lowest BCUT2D eigenvalue weighted by Crippen LogP contribution is -2.53. The fraction of sp³-hybridized carbons (Fsp3) is 0.893. The largest absolute Gasteiger partial charge is 0.300 e. The van der Waals surface area contributed by atoms with Gasteiger partial charge < -0.3 is 0 Å². The molecule has 9 atom stereocenters. The number of hydrogen-bond donors (Lipinski definition) is 0. The first-order valence-corrected chi connectivity index (χ1v) is 12.9. The number of fused-ring (bicyclic) bond motifs is 5. The second kappa shape index (κ2) is 7.83. The lowest BCUT2D eigenvalue weighted by atomic mass is 9.44. The Hall–Kier alpha value is -0.590. The molecule has 0 N–H and O–H groups in total. The summed E-state index contributed by atoms with van der Waals surface area (Å²) in [6.45, 7) is 14.8. The lowest BCUT2D eigenvalue weighted by molar-refractivity contribution is -0.140. The molecule has 164 valence electrons. The second-order valence-corrected chi connectivity index (χ2v) is 12.5. The van der Waals surface area contributed by atoms with Crippen LogP contribution in [0.2, 0.25) is 0 Å². The maximum atomic E-state index is 12.1. The van der Waals surface area contributed by atoms with Crippen molar-refractivity contribution in [2.75, 3.05) is 0 Å². The first-order valence-electron chi connectivity index (χ1n) is 12.9. The first kappa shape index (κ1) is 21.6. The molecule has 4 aliphatic carbocycles. The first-order chi connectivity index (χ1) is 13.7. The van der Waals surface area contributed by atoms with Gasteiger partial charge in [-0.3, -0.25) is 4.79 Å². The Kier molecular flexibility index (Phi) is 5.84. The fourth-order valence-corrected chi connectivity index (χ4v) is 8.66. The molecule has 0 amide bonds. The van der Waals surface area contributed by atoms with Crippen LogP contribution < -0.4 is 0 Å². The van der Waals surface area contributed by atoms with Gasteiger partial charge in [0.2, 0.25) is 0 Å². The zero-order valence-electron chi connectivity index (χ0n) is 20.0. The van der Waals surface area contributed by atoms with Crippen molar-refractivity contribution in [3.05, 3.63) is 12.2 Å². The molecular weight excluding hydrogens is 352 g/mol. The van der Waals surface area contributed by atoms with E-state index in [2.05, 4.69) is 53.7 Å². The molecule has 0 aromatic carbocycles. The van der Waals surface area contributed by atoms with E-state index < -0.39 is 0 Å². The third-order valence-electron chi connectivity index (χ3n) is 11.0. The van der Waals surface area contributed by atoms with Gasteiger partial charge in [0.15, 0.2) is 0 Å². The second-order valence-electron chi connectivity index (χ2n) is 12.5. The van der Waals surface area contributed by atoms with Gasteiger partial charge in [-0.25, -0.2) is 0 Å². The number of rotatable bonds is 4. The van der Waals surface area contributed by atoms with Gasteiger partial charge in [-0.1, -0.05) is 53.7 Å². The quantitative estimate of drug-likeness (QED) is 0.443. The van der Waals surface area contributed by atoms with Crippen LogP contribution in [-0.4, -0.2) is 5.78 Å². The summed E-state index contributed by atoms with van der Waals surface area (Å²) >= 11 is 0. The molecule has 4 aliphatic rings. The summed E-state index contributed by atoms with van der Waals surface area (Å²) in [5, 5.41) is 0. The topological polar surface area (TPSA) is 17.1 Å². The number of Topliss-reactive ketones (excluding diaryl/α,β-unsaturated/α-hetero) is 1. The van der Waals surface area contributed by atoms with Crippen LogP contribution in [0.1, 0.15) is 99.3 Å². The molecule has 0 aliphatic heterocycles. The van der Waals surface area contributed by atoms with Gasteiger partial charge in [0.05, 0.1) is 0 Å². The van der Waals surface area contributed by atoms with Crippen LogP contribution in [0, 0.1) is 58.2 Å². The lowest BCUT2D eigenvalue weighted by Gasteiger charge is -2.60. The van der Waals surface area contributed by atoms with Crippen molar-refractivity contribution in [2.24, 2.45) is 58.2 Å². The van der Waals surface area contributed by atoms with Gasteiger partial charge in [-0.2, -0.15) is 0 Å². The van der Waals surface area contributed by atoms with E-state index in [-0.39, 0.29) is 0 Å². The van der Waals surface area contributed by atoms with Gasteiger partial charge in [-0.05, 0) is 103 Å². The predicted molar refractivity (Wildman–Crippen MR) is 123 cm³/mol. The minimum atomic E-state index is 0.453. The van der Waals surface area contributed by atoms with Crippen LogP contribution in [0.4, 0.5) is 0 Å². The van der Waals surface area contributed by atoms with Crippen molar-refractivity contribution in [1.29, 1.82) is 0 Å². The number of carbonyl (C=O) groups is 1. The summed E-state index contributed by atoms with van der Waals surface area (Å²) in [5.74, 6) is 6.97. The van der Waals surface area contributed by atoms with Crippen LogP contribution in [0.25, 0.3) is 0 Å². The van der Waals surface area contributed by atoms with E-state index in [1.165, 1.54) is 44.9 Å². The van der Waals surface area contributed by atoms with E-state index in [1.54, 1.807) is 0 Å². The molecule has 1 nitrogen and oxygen atoms in total. The monoisotopic (exact) mass is 398 g/mol. The molecule has 0 bridgehead atoms. The van der Waals surface area contributed by atoms with E-state index in [4.69, 9.17) is 0 Å². The minimum Gasteiger partial charge on any atom is -0.300 e. The molecular formula is C28H46O. The van der Waals surface area contributed by atoms with Crippen molar-refractivity contribution >= 4 is 5.78 Å². The molecule has 0 aromatic heterocycles. The highest BCUT2D eigenvalue weighted by atomic mass is 16.1. The Bertz CT molecular complexity index is 647. The standard InChI is InChI=1S/C28H46O/c1-18(2)19(3)7-8-20(4)24-11-12-25-23-10-9-21-17-22(29)13-15-27(21,5)26(23)14-16-28(24,25)6/h7-8,18-21,23-26H,9-17H2,1-6H3/b8-7+/t19-,20+,21-,23-,24+,25-,26-,27-,28+/m0/s1. The van der Waals surface area contributed by atoms with Gasteiger partial charge in [0.25, 0.3) is 0 Å². The van der Waals surface area contributed by atoms with Gasteiger partial charge in [0.1, 0.15) is 5.78 Å². The molecule has 0 aromatic rings. The normalized spacial score (nSPS) is 47.0. The van der Waals surface area contributed by atoms with Gasteiger partial charge in [-0.15, -0.1) is 0 Å². The number of allylic oxidation sites excluding steroid dienone is 2. The molecule has 4 saturated carbocycles. The highest BCUT2D eigenvalue weighted by Crippen LogP contribution is 2.68. The minimum absolute atomic E-state index is 0.453. The van der Waals surface area contributed by atoms with Crippen molar-refractivity contribution in [3.63, 3.8) is 0 Å². The van der Waals surface area contributed by atoms with Crippen LogP contribution in [0.3, 0.4) is 0 Å². The summed E-state index contributed by atoms with van der Waals surface area (Å²) in [4.78, 5) is 12.1. The number of ketones is 1. The Morgan fingerprint density at radius 2 is 1.59 bits per heavy atom. The molecule has 0 radical (unpaired) electrons. The molecule has 0 spiro atoms. The summed E-state index contributed by atoms with van der Waals surface area (Å²) < 4.78 is 0. The fourth-order valence-electron chi connectivity index (χ4n) is 8.66. The van der Waals surface area contributed by atoms with E-state index in [0.29, 0.717) is 34.4 Å². The van der Waals surface area contributed by atoms with Gasteiger partial charge in [0, 0.05) is 12.8 Å². The average molecular weight is 399 g/mol. The Labute approximate surface area is 180 Å². The van der Waals surface area contributed by atoms with Gasteiger partial charge >= 0.3 is 0 Å². The predicted octanol–water partition coefficient (Wildman–Crippen LogP) is 7.70. The Balaban J connectivity index is 1.51. The molecule has 4 rings (SSSR count). The van der Waals surface area contributed by atoms with Crippen molar-refractivity contribution in [1.82, 2.24) is 0 Å². The summed E-state index contributed by atoms with van der Waals surface area (Å²) in [6.07, 6.45) is 16.5. The molecule has 1 heteroatoms. The van der Waals surface area contributed by atoms with Crippen LogP contribution in [0.15, 0.2) is 12.2 Å². The third-order valence-corrected chi connectivity index (χ3v) is 11.0. The van der Waals surface area contributed by atoms with Crippen molar-refractivity contribution < 1.29 is 4.79 Å². The van der Waals surface area contributed by atoms with Crippen LogP contribution in [0.5, 0.6) is 0 Å². The van der Waals surface area contributed by atoms with Crippen LogP contribution >= 0.6 is 0 Å². The molecule has 4 fully saturated rings. The third kappa shape index (κ3) is 3.57. The molecule has 0 heterocycles. The summed E-state index contributed by atoms with van der Waals surface area (Å²) in [5.41, 5.74) is 0.994. The zero-order chi connectivity index (χ0) is 21.0. The van der Waals surface area contributed by atoms with Crippen molar-refractivity contribution in [2.45, 2.75) is 99.3 Å². The van der Waals surface area contributed by atoms with Crippen LogP contribution in [-0.2, 0) is 4.79 Å². The summed E-state index contributed by atoms with van der Waals surface area (Å²) in [6, 6.07) is 0. The molecule has 29 heavy (non-hydrogen) atoms. The Morgan fingerprint density at radius 3 is 2.31 bits per heavy atom. The highest BCUT2D eigenvalue weighted by Gasteiger charge is 2.60. The zero-order valence-corrected chi connectivity index (χ0v) is 20.0. The highest BCUT2D eigenvalue weighted by molar-refractivity contribution is 5.79. The molecule has 0 saturated heterocycles. The van der Waals surface area contributed by atoms with Crippen molar-refractivity contribution in [3.8, 4) is 0 Å². The molecule has 0 unspecified atom stereocenters. The van der Waals surface area contributed by atoms with E-state index in [1.807, 2.05) is 0 Å².